The molecule has 0 unspecified atom stereocenters. The zero-order chi connectivity index (χ0) is 21.3. The first kappa shape index (κ1) is 20.0. The molecule has 0 radical (unpaired) electrons. The van der Waals surface area contributed by atoms with Gasteiger partial charge in [-0.25, -0.2) is 4.98 Å². The number of nitrogens with two attached hydrogens (primary N) is 2. The molecule has 0 bridgehead atoms. The molecule has 0 atom stereocenters. The maximum Gasteiger partial charge on any atom is 0.312 e. The number of rotatable bonds is 2. The van der Waals surface area contributed by atoms with Crippen molar-refractivity contribution >= 4 is 32.9 Å². The molecule has 3 aromatic heterocycles. The second kappa shape index (κ2) is 7.37. The Labute approximate surface area is 164 Å². The van der Waals surface area contributed by atoms with Gasteiger partial charge in [0.25, 0.3) is 15.7 Å². The van der Waals surface area contributed by atoms with Crippen LogP contribution in [0.1, 0.15) is 11.5 Å². The second-order valence-electron chi connectivity index (χ2n) is 5.89. The van der Waals surface area contributed by atoms with E-state index in [1.165, 1.54) is 30.6 Å². The number of fused-ring (bicyclic) bond motifs is 1. The van der Waals surface area contributed by atoms with E-state index in [9.17, 15) is 13.2 Å². The first-order chi connectivity index (χ1) is 13.6. The molecule has 1 aromatic carbocycles. The van der Waals surface area contributed by atoms with E-state index in [4.69, 9.17) is 20.4 Å². The molecular formula is C16H17N7O5S. The van der Waals surface area contributed by atoms with E-state index in [2.05, 4.69) is 19.9 Å². The van der Waals surface area contributed by atoms with Crippen molar-refractivity contribution in [2.75, 3.05) is 11.5 Å². The van der Waals surface area contributed by atoms with Gasteiger partial charge in [0.1, 0.15) is 5.76 Å². The minimum absolute atomic E-state index is 0.00185. The van der Waals surface area contributed by atoms with Crippen LogP contribution in [0.2, 0.25) is 0 Å². The molecule has 0 saturated heterocycles. The number of oxazole rings is 1. The van der Waals surface area contributed by atoms with Crippen molar-refractivity contribution in [1.82, 2.24) is 24.5 Å². The molecule has 0 fully saturated rings. The van der Waals surface area contributed by atoms with Gasteiger partial charge in [-0.2, -0.15) is 23.0 Å². The Morgan fingerprint density at radius 2 is 1.79 bits per heavy atom. The molecule has 0 aliphatic rings. The summed E-state index contributed by atoms with van der Waals surface area (Å²) in [6.07, 6.45) is 1.38. The fourth-order valence-electron chi connectivity index (χ4n) is 2.28. The first-order valence-corrected chi connectivity index (χ1v) is 9.51. The van der Waals surface area contributed by atoms with Gasteiger partial charge in [0.15, 0.2) is 11.2 Å². The minimum Gasteiger partial charge on any atom is -0.428 e. The highest BCUT2D eigenvalue weighted by atomic mass is 32.2. The van der Waals surface area contributed by atoms with Gasteiger partial charge in [-0.1, -0.05) is 0 Å². The third-order valence-electron chi connectivity index (χ3n) is 3.87. The van der Waals surface area contributed by atoms with Gasteiger partial charge in [-0.3, -0.25) is 9.35 Å². The number of nitrogens with one attached hydrogen (secondary N) is 1. The van der Waals surface area contributed by atoms with Crippen LogP contribution in [0.15, 0.2) is 44.7 Å². The van der Waals surface area contributed by atoms with Gasteiger partial charge in [0, 0.05) is 5.69 Å². The Balaban J connectivity index is 0.000000188. The summed E-state index contributed by atoms with van der Waals surface area (Å²) in [6.45, 7) is 3.54. The third-order valence-corrected chi connectivity index (χ3v) is 4.73. The minimum atomic E-state index is -4.08. The molecule has 0 aliphatic carbocycles. The molecule has 13 heteroatoms. The molecule has 0 amide bonds. The maximum atomic E-state index is 12.2. The van der Waals surface area contributed by atoms with Crippen LogP contribution in [0.25, 0.3) is 17.2 Å². The maximum absolute atomic E-state index is 12.2. The SMILES string of the molecule is Cc1nc(-n2c(N)nc3[nH]cnc3c2=O)oc1C.Nc1ccc(S(=O)(=O)O)cc1. The molecule has 4 rings (SSSR count). The first-order valence-electron chi connectivity index (χ1n) is 8.07. The summed E-state index contributed by atoms with van der Waals surface area (Å²) < 4.78 is 35.9. The van der Waals surface area contributed by atoms with Crippen LogP contribution in [-0.4, -0.2) is 37.5 Å². The van der Waals surface area contributed by atoms with Gasteiger partial charge in [0.05, 0.1) is 16.9 Å². The van der Waals surface area contributed by atoms with Crippen molar-refractivity contribution in [3.63, 3.8) is 0 Å². The predicted molar refractivity (Wildman–Crippen MR) is 104 cm³/mol. The molecule has 0 spiro atoms. The summed E-state index contributed by atoms with van der Waals surface area (Å²) in [4.78, 5) is 26.8. The standard InChI is InChI=1S/C10H10N6O2.C6H7NO3S/c1-4-5(2)18-10(14-4)16-8(17)6-7(13-3-12-6)15-9(16)11;7-5-1-3-6(4-2-5)11(8,9)10/h3H,1-2H3,(H2,11,15)(H,12,13);1-4H,7H2,(H,8,9,10). The number of aromatic amines is 1. The smallest absolute Gasteiger partial charge is 0.312 e. The van der Waals surface area contributed by atoms with E-state index >= 15 is 0 Å². The lowest BCUT2D eigenvalue weighted by atomic mass is 10.3. The number of benzene rings is 1. The van der Waals surface area contributed by atoms with Gasteiger partial charge < -0.3 is 20.9 Å². The Hall–Kier alpha value is -3.71. The lowest BCUT2D eigenvalue weighted by Crippen LogP contribution is -2.23. The van der Waals surface area contributed by atoms with E-state index in [-0.39, 0.29) is 22.4 Å². The van der Waals surface area contributed by atoms with E-state index in [1.54, 1.807) is 13.8 Å². The van der Waals surface area contributed by atoms with Crippen molar-refractivity contribution in [2.24, 2.45) is 0 Å². The number of aryl methyl sites for hydroxylation is 2. The number of nitrogen functional groups attached to an aromatic ring is 2. The summed E-state index contributed by atoms with van der Waals surface area (Å²) in [7, 11) is -4.08. The average Bonchev–Trinajstić information content (AvgIpc) is 3.22. The van der Waals surface area contributed by atoms with Gasteiger partial charge in [-0.15, -0.1) is 0 Å². The van der Waals surface area contributed by atoms with Crippen LogP contribution in [-0.2, 0) is 10.1 Å². The molecule has 0 saturated carbocycles. The molecule has 29 heavy (non-hydrogen) atoms. The van der Waals surface area contributed by atoms with Crippen LogP contribution in [0.4, 0.5) is 11.6 Å². The normalized spacial score (nSPS) is 11.3. The summed E-state index contributed by atoms with van der Waals surface area (Å²) >= 11 is 0. The molecule has 4 aromatic rings. The van der Waals surface area contributed by atoms with Crippen LogP contribution < -0.4 is 17.0 Å². The molecule has 6 N–H and O–H groups in total. The van der Waals surface area contributed by atoms with Crippen LogP contribution in [0.3, 0.4) is 0 Å². The van der Waals surface area contributed by atoms with E-state index in [0.717, 1.165) is 4.57 Å². The quantitative estimate of drug-likeness (QED) is 0.266. The average molecular weight is 419 g/mol. The topological polar surface area (TPSA) is 196 Å². The van der Waals surface area contributed by atoms with Gasteiger partial charge in [-0.05, 0) is 38.1 Å². The zero-order valence-electron chi connectivity index (χ0n) is 15.3. The van der Waals surface area contributed by atoms with Crippen molar-refractivity contribution in [3.8, 4) is 6.01 Å². The monoisotopic (exact) mass is 419 g/mol. The van der Waals surface area contributed by atoms with Gasteiger partial charge >= 0.3 is 6.01 Å². The van der Waals surface area contributed by atoms with Crippen molar-refractivity contribution in [1.29, 1.82) is 0 Å². The largest absolute Gasteiger partial charge is 0.428 e. The number of anilines is 2. The lowest BCUT2D eigenvalue weighted by Gasteiger charge is -2.02. The highest BCUT2D eigenvalue weighted by Crippen LogP contribution is 2.15. The summed E-state index contributed by atoms with van der Waals surface area (Å²) in [5.74, 6) is 0.622. The number of aromatic nitrogens is 5. The molecule has 152 valence electrons. The highest BCUT2D eigenvalue weighted by Gasteiger charge is 2.17. The Morgan fingerprint density at radius 1 is 1.14 bits per heavy atom. The van der Waals surface area contributed by atoms with Crippen LogP contribution >= 0.6 is 0 Å². The number of hydrogen-bond acceptors (Lipinski definition) is 9. The number of hydrogen-bond donors (Lipinski definition) is 4. The highest BCUT2D eigenvalue weighted by molar-refractivity contribution is 7.85. The van der Waals surface area contributed by atoms with E-state index in [0.29, 0.717) is 22.8 Å². The number of nitrogens with zero attached hydrogens (tertiary/aromatic N) is 4. The molecular weight excluding hydrogens is 402 g/mol. The lowest BCUT2D eigenvalue weighted by molar-refractivity contribution is 0.483. The third kappa shape index (κ3) is 4.09. The Morgan fingerprint density at radius 3 is 2.34 bits per heavy atom. The summed E-state index contributed by atoms with van der Waals surface area (Å²) in [5, 5.41) is 0. The fraction of sp³-hybridized carbons (Fsp3) is 0.125. The van der Waals surface area contributed by atoms with Gasteiger partial charge in [0.2, 0.25) is 5.95 Å². The van der Waals surface area contributed by atoms with Crippen molar-refractivity contribution in [3.05, 3.63) is 52.4 Å². The van der Waals surface area contributed by atoms with E-state index in [1.807, 2.05) is 0 Å². The van der Waals surface area contributed by atoms with E-state index < -0.39 is 15.7 Å². The zero-order valence-corrected chi connectivity index (χ0v) is 16.1. The molecule has 3 heterocycles. The van der Waals surface area contributed by atoms with Crippen LogP contribution in [0.5, 0.6) is 0 Å². The number of H-pyrrole nitrogens is 1. The Kier molecular flexibility index (Phi) is 5.09. The summed E-state index contributed by atoms with van der Waals surface area (Å²) in [6, 6.07) is 5.39. The molecule has 12 nitrogen and oxygen atoms in total. The Bertz CT molecular complexity index is 1320. The van der Waals surface area contributed by atoms with Crippen molar-refractivity contribution < 1.29 is 17.4 Å². The van der Waals surface area contributed by atoms with Crippen molar-refractivity contribution in [2.45, 2.75) is 18.7 Å². The number of imidazole rings is 1. The van der Waals surface area contributed by atoms with Crippen LogP contribution in [0, 0.1) is 13.8 Å². The summed E-state index contributed by atoms with van der Waals surface area (Å²) in [5.41, 5.74) is 12.3. The molecule has 0 aliphatic heterocycles. The second-order valence-corrected chi connectivity index (χ2v) is 7.31. The fourth-order valence-corrected chi connectivity index (χ4v) is 2.76. The predicted octanol–water partition coefficient (Wildman–Crippen LogP) is 0.811.